The summed E-state index contributed by atoms with van der Waals surface area (Å²) in [4.78, 5) is 0. The zero-order valence-electron chi connectivity index (χ0n) is 9.26. The van der Waals surface area contributed by atoms with Crippen molar-refractivity contribution in [2.45, 2.75) is 25.3 Å². The Hall–Kier alpha value is -0.250. The number of halogens is 2. The third kappa shape index (κ3) is 2.53. The second kappa shape index (κ2) is 4.55. The number of rotatable bonds is 4. The van der Waals surface area contributed by atoms with Gasteiger partial charge in [0.2, 0.25) is 0 Å². The van der Waals surface area contributed by atoms with Crippen LogP contribution in [0.15, 0.2) is 22.7 Å². The molecule has 0 amide bonds. The molecule has 16 heavy (non-hydrogen) atoms. The summed E-state index contributed by atoms with van der Waals surface area (Å²) in [6, 6.07) is 5.91. The fourth-order valence-corrected chi connectivity index (χ4v) is 2.37. The minimum absolute atomic E-state index is 0.00282. The van der Waals surface area contributed by atoms with Gasteiger partial charge in [-0.05, 0) is 59.8 Å². The van der Waals surface area contributed by atoms with Gasteiger partial charge in [-0.3, -0.25) is 0 Å². The first-order valence-electron chi connectivity index (χ1n) is 5.48. The fraction of sp³-hybridized carbons (Fsp3) is 0.500. The van der Waals surface area contributed by atoms with Crippen LogP contribution in [-0.2, 0) is 0 Å². The highest BCUT2D eigenvalue weighted by Crippen LogP contribution is 2.41. The van der Waals surface area contributed by atoms with E-state index in [-0.39, 0.29) is 5.54 Å². The molecule has 0 saturated heterocycles. The van der Waals surface area contributed by atoms with E-state index >= 15 is 0 Å². The van der Waals surface area contributed by atoms with Gasteiger partial charge in [0, 0.05) is 22.2 Å². The Morgan fingerprint density at radius 1 is 1.56 bits per heavy atom. The molecule has 0 heterocycles. The Kier molecular flexibility index (Phi) is 3.48. The molecule has 3 N–H and O–H groups in total. The Morgan fingerprint density at radius 3 is 2.75 bits per heavy atom. The first kappa shape index (κ1) is 12.2. The lowest BCUT2D eigenvalue weighted by Gasteiger charge is -2.31. The van der Waals surface area contributed by atoms with Gasteiger partial charge in [0.1, 0.15) is 0 Å². The van der Waals surface area contributed by atoms with E-state index in [1.165, 1.54) is 12.8 Å². The second-order valence-electron chi connectivity index (χ2n) is 4.65. The molecule has 1 fully saturated rings. The van der Waals surface area contributed by atoms with Crippen molar-refractivity contribution in [3.05, 3.63) is 27.7 Å². The summed E-state index contributed by atoms with van der Waals surface area (Å²) in [5, 5.41) is 4.23. The standard InChI is InChI=1S/C12H16BrClN2/c1-12(7-15,8-2-3-8)16-9-4-5-10(13)11(14)6-9/h4-6,8,16H,2-3,7,15H2,1H3. The number of hydrogen-bond acceptors (Lipinski definition) is 2. The number of anilines is 1. The third-order valence-corrected chi connectivity index (χ3v) is 4.48. The molecular formula is C12H16BrClN2. The lowest BCUT2D eigenvalue weighted by atomic mass is 9.95. The minimum Gasteiger partial charge on any atom is -0.378 e. The normalized spacial score (nSPS) is 19.2. The van der Waals surface area contributed by atoms with E-state index in [1.54, 1.807) is 0 Å². The molecule has 1 aliphatic rings. The van der Waals surface area contributed by atoms with Gasteiger partial charge in [0.25, 0.3) is 0 Å². The van der Waals surface area contributed by atoms with Crippen molar-refractivity contribution in [1.82, 2.24) is 0 Å². The van der Waals surface area contributed by atoms with Crippen LogP contribution in [0.4, 0.5) is 5.69 Å². The Morgan fingerprint density at radius 2 is 2.25 bits per heavy atom. The SMILES string of the molecule is CC(CN)(Nc1ccc(Br)c(Cl)c1)C1CC1. The number of nitrogens with two attached hydrogens (primary N) is 1. The summed E-state index contributed by atoms with van der Waals surface area (Å²) in [6.45, 7) is 2.83. The molecule has 4 heteroatoms. The first-order chi connectivity index (χ1) is 7.55. The predicted molar refractivity (Wildman–Crippen MR) is 73.0 cm³/mol. The Labute approximate surface area is 110 Å². The monoisotopic (exact) mass is 302 g/mol. The molecule has 1 aliphatic carbocycles. The van der Waals surface area contributed by atoms with E-state index in [2.05, 4.69) is 28.2 Å². The number of hydrogen-bond donors (Lipinski definition) is 2. The lowest BCUT2D eigenvalue weighted by Crippen LogP contribution is -2.44. The molecular weight excluding hydrogens is 288 g/mol. The zero-order valence-corrected chi connectivity index (χ0v) is 11.6. The van der Waals surface area contributed by atoms with Crippen molar-refractivity contribution in [1.29, 1.82) is 0 Å². The van der Waals surface area contributed by atoms with Crippen molar-refractivity contribution < 1.29 is 0 Å². The Bertz CT molecular complexity index is 393. The molecule has 2 rings (SSSR count). The molecule has 0 aromatic heterocycles. The van der Waals surface area contributed by atoms with Gasteiger partial charge >= 0.3 is 0 Å². The van der Waals surface area contributed by atoms with Gasteiger partial charge in [-0.1, -0.05) is 11.6 Å². The molecule has 1 aromatic carbocycles. The van der Waals surface area contributed by atoms with Gasteiger partial charge in [0.05, 0.1) is 5.02 Å². The van der Waals surface area contributed by atoms with Crippen molar-refractivity contribution >= 4 is 33.2 Å². The smallest absolute Gasteiger partial charge is 0.0568 e. The van der Waals surface area contributed by atoms with Gasteiger partial charge in [-0.15, -0.1) is 0 Å². The van der Waals surface area contributed by atoms with Crippen LogP contribution < -0.4 is 11.1 Å². The number of nitrogens with one attached hydrogen (secondary N) is 1. The summed E-state index contributed by atoms with van der Waals surface area (Å²) >= 11 is 9.45. The van der Waals surface area contributed by atoms with Gasteiger partial charge < -0.3 is 11.1 Å². The van der Waals surface area contributed by atoms with E-state index in [1.807, 2.05) is 18.2 Å². The molecule has 1 atom stereocenters. The highest BCUT2D eigenvalue weighted by atomic mass is 79.9. The highest BCUT2D eigenvalue weighted by Gasteiger charge is 2.40. The molecule has 1 unspecified atom stereocenters. The van der Waals surface area contributed by atoms with Crippen LogP contribution in [0.2, 0.25) is 5.02 Å². The summed E-state index contributed by atoms with van der Waals surface area (Å²) in [6.07, 6.45) is 2.54. The Balaban J connectivity index is 2.15. The van der Waals surface area contributed by atoms with Crippen molar-refractivity contribution in [2.75, 3.05) is 11.9 Å². The van der Waals surface area contributed by atoms with Gasteiger partial charge in [-0.2, -0.15) is 0 Å². The first-order valence-corrected chi connectivity index (χ1v) is 6.65. The van der Waals surface area contributed by atoms with Crippen LogP contribution >= 0.6 is 27.5 Å². The molecule has 1 aromatic rings. The largest absolute Gasteiger partial charge is 0.378 e. The molecule has 0 bridgehead atoms. The van der Waals surface area contributed by atoms with Crippen LogP contribution in [0.3, 0.4) is 0 Å². The maximum Gasteiger partial charge on any atom is 0.0568 e. The van der Waals surface area contributed by atoms with E-state index < -0.39 is 0 Å². The molecule has 88 valence electrons. The summed E-state index contributed by atoms with van der Waals surface area (Å²) in [5.41, 5.74) is 6.89. The molecule has 1 saturated carbocycles. The quantitative estimate of drug-likeness (QED) is 0.891. The van der Waals surface area contributed by atoms with Crippen LogP contribution in [0.1, 0.15) is 19.8 Å². The molecule has 2 nitrogen and oxygen atoms in total. The van der Waals surface area contributed by atoms with Crippen LogP contribution in [0, 0.1) is 5.92 Å². The molecule has 0 spiro atoms. The van der Waals surface area contributed by atoms with E-state index in [0.29, 0.717) is 12.5 Å². The predicted octanol–water partition coefficient (Wildman–Crippen LogP) is 3.64. The number of benzene rings is 1. The van der Waals surface area contributed by atoms with Crippen LogP contribution in [0.25, 0.3) is 0 Å². The topological polar surface area (TPSA) is 38.0 Å². The van der Waals surface area contributed by atoms with E-state index in [0.717, 1.165) is 15.2 Å². The van der Waals surface area contributed by atoms with E-state index in [4.69, 9.17) is 17.3 Å². The van der Waals surface area contributed by atoms with Crippen molar-refractivity contribution in [3.8, 4) is 0 Å². The summed E-state index contributed by atoms with van der Waals surface area (Å²) in [7, 11) is 0. The molecule has 0 radical (unpaired) electrons. The third-order valence-electron chi connectivity index (χ3n) is 3.25. The summed E-state index contributed by atoms with van der Waals surface area (Å²) in [5.74, 6) is 0.694. The van der Waals surface area contributed by atoms with Crippen molar-refractivity contribution in [3.63, 3.8) is 0 Å². The average Bonchev–Trinajstić information content (AvgIpc) is 3.07. The average molecular weight is 304 g/mol. The fourth-order valence-electron chi connectivity index (χ4n) is 1.94. The maximum atomic E-state index is 6.06. The van der Waals surface area contributed by atoms with Gasteiger partial charge in [0.15, 0.2) is 0 Å². The van der Waals surface area contributed by atoms with Crippen LogP contribution in [0.5, 0.6) is 0 Å². The lowest BCUT2D eigenvalue weighted by molar-refractivity contribution is 0.459. The highest BCUT2D eigenvalue weighted by molar-refractivity contribution is 9.10. The minimum atomic E-state index is -0.00282. The van der Waals surface area contributed by atoms with Gasteiger partial charge in [-0.25, -0.2) is 0 Å². The maximum absolute atomic E-state index is 6.06. The van der Waals surface area contributed by atoms with Crippen molar-refractivity contribution in [2.24, 2.45) is 11.7 Å². The molecule has 0 aliphatic heterocycles. The second-order valence-corrected chi connectivity index (χ2v) is 5.91. The zero-order chi connectivity index (χ0) is 11.8. The summed E-state index contributed by atoms with van der Waals surface area (Å²) < 4.78 is 0.917. The van der Waals surface area contributed by atoms with Crippen LogP contribution in [-0.4, -0.2) is 12.1 Å². The van der Waals surface area contributed by atoms with E-state index in [9.17, 15) is 0 Å².